The van der Waals surface area contributed by atoms with Gasteiger partial charge in [-0.25, -0.2) is 9.28 Å². The molecule has 76 valence electrons. The number of hydrogen-bond donors (Lipinski definition) is 0. The zero-order valence-electron chi connectivity index (χ0n) is 9.29. The van der Waals surface area contributed by atoms with Crippen LogP contribution in [0.15, 0.2) is 0 Å². The smallest absolute Gasteiger partial charge is 0.249 e. The van der Waals surface area contributed by atoms with Crippen molar-refractivity contribution >= 4 is 6.41 Å². The van der Waals surface area contributed by atoms with Crippen molar-refractivity contribution in [3.63, 3.8) is 0 Å². The molecule has 3 atom stereocenters. The summed E-state index contributed by atoms with van der Waals surface area (Å²) in [5.41, 5.74) is 0. The van der Waals surface area contributed by atoms with Crippen LogP contribution in [0.3, 0.4) is 0 Å². The molecule has 0 saturated carbocycles. The van der Waals surface area contributed by atoms with E-state index in [0.29, 0.717) is 18.0 Å². The second-order valence-corrected chi connectivity index (χ2v) is 4.76. The summed E-state index contributed by atoms with van der Waals surface area (Å²) in [6.07, 6.45) is 3.47. The molecule has 0 bridgehead atoms. The molecule has 0 aliphatic carbocycles. The molecule has 1 amide bonds. The molecule has 3 unspecified atom stereocenters. The summed E-state index contributed by atoms with van der Waals surface area (Å²) < 4.78 is 0.731. The number of rotatable bonds is 5. The number of carbonyl (C=O) groups is 1. The van der Waals surface area contributed by atoms with Gasteiger partial charge in [-0.05, 0) is 19.3 Å². The summed E-state index contributed by atoms with van der Waals surface area (Å²) in [6.45, 7) is 9.85. The van der Waals surface area contributed by atoms with E-state index < -0.39 is 0 Å². The van der Waals surface area contributed by atoms with E-state index in [1.54, 1.807) is 0 Å². The van der Waals surface area contributed by atoms with E-state index in [0.717, 1.165) is 17.4 Å². The molecule has 0 aromatic rings. The predicted molar refractivity (Wildman–Crippen MR) is 54.2 cm³/mol. The molecule has 1 saturated heterocycles. The Hall–Kier alpha value is -0.370. The molecule has 1 rings (SSSR count). The van der Waals surface area contributed by atoms with Gasteiger partial charge in [-0.15, -0.1) is 0 Å². The standard InChI is InChI=1S/C11H22NO/c1-5-6-12(8-13)10(4)11(12)7-9(2)3/h8-11H,5-7H2,1-4H3/q+1. The normalized spacial score (nSPS) is 37.9. The SMILES string of the molecule is CCC[N+]1(C=O)C(C)C1CC(C)C. The average molecular weight is 184 g/mol. The van der Waals surface area contributed by atoms with Crippen molar-refractivity contribution in [3.05, 3.63) is 0 Å². The molecule has 0 aromatic carbocycles. The highest BCUT2D eigenvalue weighted by Gasteiger charge is 2.62. The number of hydrogen-bond acceptors (Lipinski definition) is 1. The lowest BCUT2D eigenvalue weighted by molar-refractivity contribution is -0.737. The lowest BCUT2D eigenvalue weighted by Gasteiger charge is -2.12. The largest absolute Gasteiger partial charge is 0.302 e. The van der Waals surface area contributed by atoms with E-state index in [2.05, 4.69) is 27.7 Å². The minimum absolute atomic E-state index is 0.569. The van der Waals surface area contributed by atoms with Gasteiger partial charge in [-0.3, -0.25) is 0 Å². The first-order chi connectivity index (χ1) is 6.08. The fourth-order valence-corrected chi connectivity index (χ4v) is 2.52. The van der Waals surface area contributed by atoms with Gasteiger partial charge in [0.2, 0.25) is 0 Å². The topological polar surface area (TPSA) is 17.1 Å². The highest BCUT2D eigenvalue weighted by Crippen LogP contribution is 2.41. The summed E-state index contributed by atoms with van der Waals surface area (Å²) in [6, 6.07) is 1.18. The lowest BCUT2D eigenvalue weighted by atomic mass is 10.1. The molecule has 1 heterocycles. The lowest BCUT2D eigenvalue weighted by Crippen LogP contribution is -2.30. The maximum Gasteiger partial charge on any atom is 0.302 e. The van der Waals surface area contributed by atoms with Gasteiger partial charge < -0.3 is 0 Å². The zero-order valence-corrected chi connectivity index (χ0v) is 9.29. The number of quaternary nitrogens is 1. The van der Waals surface area contributed by atoms with Crippen molar-refractivity contribution in [1.29, 1.82) is 0 Å². The van der Waals surface area contributed by atoms with E-state index >= 15 is 0 Å². The van der Waals surface area contributed by atoms with Gasteiger partial charge in [0.1, 0.15) is 12.1 Å². The fraction of sp³-hybridized carbons (Fsp3) is 0.909. The Kier molecular flexibility index (Phi) is 3.12. The van der Waals surface area contributed by atoms with E-state index in [9.17, 15) is 4.79 Å². The van der Waals surface area contributed by atoms with Crippen molar-refractivity contribution in [2.75, 3.05) is 6.54 Å². The Morgan fingerprint density at radius 3 is 2.46 bits per heavy atom. The van der Waals surface area contributed by atoms with Crippen LogP contribution in [0.2, 0.25) is 0 Å². The molecule has 1 fully saturated rings. The minimum atomic E-state index is 0.569. The monoisotopic (exact) mass is 184 g/mol. The second kappa shape index (κ2) is 3.79. The number of amides is 1. The molecule has 0 radical (unpaired) electrons. The third-order valence-electron chi connectivity index (χ3n) is 3.36. The molecule has 1 aliphatic rings. The quantitative estimate of drug-likeness (QED) is 0.363. The molecule has 13 heavy (non-hydrogen) atoms. The minimum Gasteiger partial charge on any atom is -0.249 e. The molecule has 1 aliphatic heterocycles. The Morgan fingerprint density at radius 1 is 1.46 bits per heavy atom. The fourth-order valence-electron chi connectivity index (χ4n) is 2.52. The average Bonchev–Trinajstić information content (AvgIpc) is 2.59. The van der Waals surface area contributed by atoms with Gasteiger partial charge in [-0.2, -0.15) is 0 Å². The first-order valence-corrected chi connectivity index (χ1v) is 5.42. The van der Waals surface area contributed by atoms with Crippen molar-refractivity contribution in [1.82, 2.24) is 0 Å². The Labute approximate surface area is 81.5 Å². The van der Waals surface area contributed by atoms with Crippen LogP contribution in [-0.2, 0) is 4.79 Å². The first kappa shape index (κ1) is 10.7. The second-order valence-electron chi connectivity index (χ2n) is 4.76. The van der Waals surface area contributed by atoms with Crippen LogP contribution in [0.4, 0.5) is 0 Å². The summed E-state index contributed by atoms with van der Waals surface area (Å²) in [7, 11) is 0. The van der Waals surface area contributed by atoms with Crippen molar-refractivity contribution < 1.29 is 9.28 Å². The van der Waals surface area contributed by atoms with Crippen molar-refractivity contribution in [3.8, 4) is 0 Å². The number of carbonyl (C=O) groups excluding carboxylic acids is 1. The van der Waals surface area contributed by atoms with Gasteiger partial charge in [0.05, 0.1) is 6.54 Å². The van der Waals surface area contributed by atoms with Crippen LogP contribution in [0.5, 0.6) is 0 Å². The van der Waals surface area contributed by atoms with Gasteiger partial charge in [0.15, 0.2) is 0 Å². The molecular weight excluding hydrogens is 162 g/mol. The van der Waals surface area contributed by atoms with Gasteiger partial charge in [0, 0.05) is 6.42 Å². The van der Waals surface area contributed by atoms with Crippen LogP contribution >= 0.6 is 0 Å². The molecule has 2 heteroatoms. The Balaban J connectivity index is 2.55. The molecule has 0 aromatic heterocycles. The maximum absolute atomic E-state index is 11.1. The first-order valence-electron chi connectivity index (χ1n) is 5.42. The van der Waals surface area contributed by atoms with Crippen LogP contribution in [0, 0.1) is 5.92 Å². The van der Waals surface area contributed by atoms with E-state index in [1.165, 1.54) is 12.8 Å². The Morgan fingerprint density at radius 2 is 2.08 bits per heavy atom. The zero-order chi connectivity index (χ0) is 10.1. The Bertz CT molecular complexity index is 191. The third kappa shape index (κ3) is 1.78. The van der Waals surface area contributed by atoms with Gasteiger partial charge in [0.25, 0.3) is 0 Å². The van der Waals surface area contributed by atoms with Gasteiger partial charge >= 0.3 is 6.41 Å². The highest BCUT2D eigenvalue weighted by molar-refractivity contribution is 5.42. The van der Waals surface area contributed by atoms with Crippen LogP contribution in [-0.4, -0.2) is 29.5 Å². The molecular formula is C11H22NO+. The van der Waals surface area contributed by atoms with E-state index in [-0.39, 0.29) is 0 Å². The molecule has 0 spiro atoms. The van der Waals surface area contributed by atoms with Crippen molar-refractivity contribution in [2.24, 2.45) is 5.92 Å². The molecule has 0 N–H and O–H groups in total. The van der Waals surface area contributed by atoms with Crippen molar-refractivity contribution in [2.45, 2.75) is 52.6 Å². The molecule has 2 nitrogen and oxygen atoms in total. The summed E-state index contributed by atoms with van der Waals surface area (Å²) in [5.74, 6) is 0.712. The predicted octanol–water partition coefficient (Wildman–Crippen LogP) is 2.19. The van der Waals surface area contributed by atoms with Crippen LogP contribution in [0.1, 0.15) is 40.5 Å². The van der Waals surface area contributed by atoms with Gasteiger partial charge in [-0.1, -0.05) is 20.8 Å². The van der Waals surface area contributed by atoms with Crippen LogP contribution < -0.4 is 0 Å². The third-order valence-corrected chi connectivity index (χ3v) is 3.36. The summed E-state index contributed by atoms with van der Waals surface area (Å²) >= 11 is 0. The highest BCUT2D eigenvalue weighted by atomic mass is 16.2. The van der Waals surface area contributed by atoms with E-state index in [4.69, 9.17) is 0 Å². The van der Waals surface area contributed by atoms with Crippen LogP contribution in [0.25, 0.3) is 0 Å². The summed E-state index contributed by atoms with van der Waals surface area (Å²) in [4.78, 5) is 11.1. The maximum atomic E-state index is 11.1. The van der Waals surface area contributed by atoms with E-state index in [1.807, 2.05) is 0 Å². The summed E-state index contributed by atoms with van der Waals surface area (Å²) in [5, 5.41) is 0. The number of nitrogens with zero attached hydrogens (tertiary/aromatic N) is 1.